The van der Waals surface area contributed by atoms with Crippen molar-refractivity contribution >= 4 is 17.5 Å². The molecule has 0 fully saturated rings. The predicted octanol–water partition coefficient (Wildman–Crippen LogP) is 4.99. The Hall–Kier alpha value is -4.19. The molecule has 0 saturated heterocycles. The first-order chi connectivity index (χ1) is 16.0. The van der Waals surface area contributed by atoms with Gasteiger partial charge >= 0.3 is 0 Å². The molecule has 2 amide bonds. The number of nitrogens with zero attached hydrogens (tertiary/aromatic N) is 2. The lowest BCUT2D eigenvalue weighted by atomic mass is 9.98. The second-order valence-corrected chi connectivity index (χ2v) is 8.11. The van der Waals surface area contributed by atoms with E-state index < -0.39 is 0 Å². The minimum absolute atomic E-state index is 0.0630. The number of rotatable bonds is 7. The van der Waals surface area contributed by atoms with Crippen molar-refractivity contribution in [3.8, 4) is 11.1 Å². The molecule has 6 heteroatoms. The number of aromatic nitrogens is 2. The maximum Gasteiger partial charge on any atom is 0.256 e. The van der Waals surface area contributed by atoms with Gasteiger partial charge in [-0.05, 0) is 66.9 Å². The molecule has 1 heterocycles. The van der Waals surface area contributed by atoms with Crippen molar-refractivity contribution in [3.05, 3.63) is 108 Å². The van der Waals surface area contributed by atoms with Gasteiger partial charge in [0.15, 0.2) is 0 Å². The summed E-state index contributed by atoms with van der Waals surface area (Å²) < 4.78 is 1.87. The molecule has 4 aromatic rings. The number of amides is 2. The highest BCUT2D eigenvalue weighted by atomic mass is 16.2. The zero-order chi connectivity index (χ0) is 23.2. The van der Waals surface area contributed by atoms with E-state index in [0.29, 0.717) is 23.4 Å². The van der Waals surface area contributed by atoms with Gasteiger partial charge in [-0.3, -0.25) is 14.3 Å². The number of benzene rings is 3. The largest absolute Gasteiger partial charge is 0.350 e. The molecule has 0 atom stereocenters. The van der Waals surface area contributed by atoms with Crippen molar-refractivity contribution in [2.75, 3.05) is 5.32 Å². The van der Waals surface area contributed by atoms with Gasteiger partial charge in [0.05, 0.1) is 6.54 Å². The highest BCUT2D eigenvalue weighted by Gasteiger charge is 2.13. The fourth-order valence-corrected chi connectivity index (χ4v) is 3.55. The summed E-state index contributed by atoms with van der Waals surface area (Å²) in [5, 5.41) is 10.0. The Morgan fingerprint density at radius 2 is 1.61 bits per heavy atom. The van der Waals surface area contributed by atoms with E-state index in [1.165, 1.54) is 0 Å². The van der Waals surface area contributed by atoms with Crippen LogP contribution in [0.25, 0.3) is 11.1 Å². The van der Waals surface area contributed by atoms with E-state index in [9.17, 15) is 9.59 Å². The monoisotopic (exact) mass is 438 g/mol. The van der Waals surface area contributed by atoms with Gasteiger partial charge in [0.25, 0.3) is 11.8 Å². The third-order valence-electron chi connectivity index (χ3n) is 5.17. The maximum atomic E-state index is 13.0. The molecule has 0 aliphatic carbocycles. The Labute approximate surface area is 193 Å². The van der Waals surface area contributed by atoms with Crippen molar-refractivity contribution < 1.29 is 9.59 Å². The Kier molecular flexibility index (Phi) is 6.64. The average molecular weight is 439 g/mol. The average Bonchev–Trinajstić information content (AvgIpc) is 3.33. The Balaban J connectivity index is 1.49. The Morgan fingerprint density at radius 3 is 2.27 bits per heavy atom. The van der Waals surface area contributed by atoms with E-state index in [0.717, 1.165) is 16.7 Å². The quantitative estimate of drug-likeness (QED) is 0.427. The van der Waals surface area contributed by atoms with Crippen LogP contribution >= 0.6 is 0 Å². The minimum Gasteiger partial charge on any atom is -0.350 e. The molecular formula is C27H26N4O2. The highest BCUT2D eigenvalue weighted by Crippen LogP contribution is 2.25. The summed E-state index contributed by atoms with van der Waals surface area (Å²) in [7, 11) is 0. The van der Waals surface area contributed by atoms with Crippen molar-refractivity contribution in [2.45, 2.75) is 26.4 Å². The third kappa shape index (κ3) is 5.54. The molecule has 1 aromatic heterocycles. The van der Waals surface area contributed by atoms with Crippen LogP contribution in [0.2, 0.25) is 0 Å². The van der Waals surface area contributed by atoms with E-state index in [2.05, 4.69) is 15.7 Å². The molecule has 0 radical (unpaired) electrons. The molecule has 3 aromatic carbocycles. The molecule has 0 spiro atoms. The van der Waals surface area contributed by atoms with Gasteiger partial charge in [0, 0.05) is 35.2 Å². The Morgan fingerprint density at radius 1 is 0.879 bits per heavy atom. The van der Waals surface area contributed by atoms with Crippen LogP contribution in [0.15, 0.2) is 91.3 Å². The van der Waals surface area contributed by atoms with Crippen LogP contribution in [0.3, 0.4) is 0 Å². The fourth-order valence-electron chi connectivity index (χ4n) is 3.55. The minimum atomic E-state index is -0.203. The van der Waals surface area contributed by atoms with Crippen molar-refractivity contribution in [2.24, 2.45) is 0 Å². The molecule has 0 bridgehead atoms. The second-order valence-electron chi connectivity index (χ2n) is 8.11. The molecule has 0 saturated carbocycles. The summed E-state index contributed by atoms with van der Waals surface area (Å²) in [5.74, 6) is -0.338. The molecule has 4 rings (SSSR count). The van der Waals surface area contributed by atoms with Gasteiger partial charge in [0.2, 0.25) is 0 Å². The van der Waals surface area contributed by atoms with Gasteiger partial charge in [-0.15, -0.1) is 0 Å². The van der Waals surface area contributed by atoms with E-state index in [4.69, 9.17) is 0 Å². The third-order valence-corrected chi connectivity index (χ3v) is 5.17. The number of carbonyl (C=O) groups is 2. The van der Waals surface area contributed by atoms with Crippen LogP contribution in [-0.2, 0) is 6.54 Å². The first-order valence-corrected chi connectivity index (χ1v) is 10.9. The van der Waals surface area contributed by atoms with E-state index in [1.54, 1.807) is 30.5 Å². The van der Waals surface area contributed by atoms with Gasteiger partial charge in [0.1, 0.15) is 0 Å². The second kappa shape index (κ2) is 9.96. The molecular weight excluding hydrogens is 412 g/mol. The fraction of sp³-hybridized carbons (Fsp3) is 0.148. The SMILES string of the molecule is CC(C)NC(=O)c1ccc(NC(=O)c2ccccc2-c2ccc(Cn3cccn3)cc2)cc1. The lowest BCUT2D eigenvalue weighted by molar-refractivity contribution is 0.0942. The zero-order valence-corrected chi connectivity index (χ0v) is 18.7. The summed E-state index contributed by atoms with van der Waals surface area (Å²) in [6.07, 6.45) is 3.69. The molecule has 2 N–H and O–H groups in total. The van der Waals surface area contributed by atoms with Crippen molar-refractivity contribution in [1.82, 2.24) is 15.1 Å². The topological polar surface area (TPSA) is 76.0 Å². The molecule has 0 aliphatic rings. The van der Waals surface area contributed by atoms with Gasteiger partial charge < -0.3 is 10.6 Å². The van der Waals surface area contributed by atoms with Crippen molar-refractivity contribution in [3.63, 3.8) is 0 Å². The maximum absolute atomic E-state index is 13.0. The van der Waals surface area contributed by atoms with Crippen LogP contribution in [0.4, 0.5) is 5.69 Å². The van der Waals surface area contributed by atoms with Crippen LogP contribution in [-0.4, -0.2) is 27.6 Å². The van der Waals surface area contributed by atoms with E-state index in [1.807, 2.05) is 79.3 Å². The molecule has 0 unspecified atom stereocenters. The Bertz CT molecular complexity index is 1230. The molecule has 6 nitrogen and oxygen atoms in total. The van der Waals surface area contributed by atoms with Gasteiger partial charge in [-0.25, -0.2) is 0 Å². The number of hydrogen-bond donors (Lipinski definition) is 2. The van der Waals surface area contributed by atoms with Gasteiger partial charge in [-0.1, -0.05) is 42.5 Å². The number of anilines is 1. The first kappa shape index (κ1) is 22.0. The predicted molar refractivity (Wildman–Crippen MR) is 130 cm³/mol. The van der Waals surface area contributed by atoms with Crippen LogP contribution < -0.4 is 10.6 Å². The highest BCUT2D eigenvalue weighted by molar-refractivity contribution is 6.09. The lowest BCUT2D eigenvalue weighted by Crippen LogP contribution is -2.30. The molecule has 166 valence electrons. The summed E-state index contributed by atoms with van der Waals surface area (Å²) in [6, 6.07) is 24.5. The summed E-state index contributed by atoms with van der Waals surface area (Å²) in [5.41, 5.74) is 4.71. The summed E-state index contributed by atoms with van der Waals surface area (Å²) >= 11 is 0. The number of hydrogen-bond acceptors (Lipinski definition) is 3. The zero-order valence-electron chi connectivity index (χ0n) is 18.7. The summed E-state index contributed by atoms with van der Waals surface area (Å²) in [6.45, 7) is 4.52. The van der Waals surface area contributed by atoms with Crippen LogP contribution in [0, 0.1) is 0 Å². The molecule has 0 aliphatic heterocycles. The number of carbonyl (C=O) groups excluding carboxylic acids is 2. The summed E-state index contributed by atoms with van der Waals surface area (Å²) in [4.78, 5) is 25.2. The normalized spacial score (nSPS) is 10.8. The van der Waals surface area contributed by atoms with Crippen LogP contribution in [0.5, 0.6) is 0 Å². The lowest BCUT2D eigenvalue weighted by Gasteiger charge is -2.12. The molecule has 33 heavy (non-hydrogen) atoms. The smallest absolute Gasteiger partial charge is 0.256 e. The standard InChI is InChI=1S/C27H26N4O2/c1-19(2)29-26(32)22-12-14-23(15-13-22)30-27(33)25-7-4-3-6-24(25)21-10-8-20(9-11-21)18-31-17-5-16-28-31/h3-17,19H,18H2,1-2H3,(H,29,32)(H,30,33). The van der Waals surface area contributed by atoms with Crippen molar-refractivity contribution in [1.29, 1.82) is 0 Å². The first-order valence-electron chi connectivity index (χ1n) is 10.9. The van der Waals surface area contributed by atoms with E-state index >= 15 is 0 Å². The van der Waals surface area contributed by atoms with E-state index in [-0.39, 0.29) is 17.9 Å². The van der Waals surface area contributed by atoms with Crippen LogP contribution in [0.1, 0.15) is 40.1 Å². The van der Waals surface area contributed by atoms with Gasteiger partial charge in [-0.2, -0.15) is 5.10 Å². The number of nitrogens with one attached hydrogen (secondary N) is 2.